The van der Waals surface area contributed by atoms with Crippen molar-refractivity contribution in [1.82, 2.24) is 0 Å². The van der Waals surface area contributed by atoms with Gasteiger partial charge in [-0.2, -0.15) is 0 Å². The molecule has 0 aliphatic heterocycles. The van der Waals surface area contributed by atoms with Crippen LogP contribution in [0.3, 0.4) is 0 Å². The van der Waals surface area contributed by atoms with Crippen molar-refractivity contribution in [3.05, 3.63) is 0 Å². The summed E-state index contributed by atoms with van der Waals surface area (Å²) < 4.78 is 18.5. The summed E-state index contributed by atoms with van der Waals surface area (Å²) in [6.45, 7) is 0. The minimum absolute atomic E-state index is 0.0622. The van der Waals surface area contributed by atoms with Crippen LogP contribution in [0.1, 0.15) is 15.5 Å². The van der Waals surface area contributed by atoms with Crippen molar-refractivity contribution in [2.75, 3.05) is 7.11 Å². The van der Waals surface area contributed by atoms with Gasteiger partial charge < -0.3 is 10.5 Å². The second-order valence-electron chi connectivity index (χ2n) is 1.82. The first-order valence-electron chi connectivity index (χ1n) is 3.31. The van der Waals surface area contributed by atoms with E-state index in [1.807, 2.05) is 0 Å². The fourth-order valence-corrected chi connectivity index (χ4v) is 0.422. The molecule has 0 radical (unpaired) electrons. The van der Waals surface area contributed by atoms with Crippen molar-refractivity contribution in [1.29, 1.82) is 0 Å². The van der Waals surface area contributed by atoms with Gasteiger partial charge in [-0.3, -0.25) is 4.79 Å². The molecule has 0 aromatic carbocycles. The Kier molecular flexibility index (Phi) is 0.627. The van der Waals surface area contributed by atoms with E-state index in [9.17, 15) is 4.79 Å². The van der Waals surface area contributed by atoms with Gasteiger partial charge >= 0.3 is 5.97 Å². The lowest BCUT2D eigenvalue weighted by Crippen LogP contribution is -2.33. The van der Waals surface area contributed by atoms with Crippen molar-refractivity contribution in [2.45, 2.75) is 18.3 Å². The lowest BCUT2D eigenvalue weighted by Gasteiger charge is -2.02. The molecule has 0 aromatic heterocycles. The molecule has 1 aliphatic rings. The third-order valence-corrected chi connectivity index (χ3v) is 1.11. The Labute approximate surface area is 50.6 Å². The van der Waals surface area contributed by atoms with E-state index >= 15 is 0 Å². The minimum Gasteiger partial charge on any atom is -0.468 e. The van der Waals surface area contributed by atoms with Gasteiger partial charge in [0.05, 0.1) is 7.11 Å². The SMILES string of the molecule is [2H]C1([2H])C[C@@]1(N)C(=O)OC. The highest BCUT2D eigenvalue weighted by molar-refractivity contribution is 5.83. The van der Waals surface area contributed by atoms with Crippen LogP contribution in [0.2, 0.25) is 0 Å². The van der Waals surface area contributed by atoms with Crippen LogP contribution in [0.5, 0.6) is 0 Å². The van der Waals surface area contributed by atoms with Crippen LogP contribution in [0.15, 0.2) is 0 Å². The van der Waals surface area contributed by atoms with Crippen LogP contribution in [0.4, 0.5) is 0 Å². The molecular formula is C5H9NO2. The van der Waals surface area contributed by atoms with Crippen molar-refractivity contribution in [3.8, 4) is 0 Å². The molecule has 1 saturated carbocycles. The van der Waals surface area contributed by atoms with Gasteiger partial charge in [0.1, 0.15) is 5.54 Å². The average molecular weight is 117 g/mol. The van der Waals surface area contributed by atoms with Gasteiger partial charge in [0.2, 0.25) is 0 Å². The van der Waals surface area contributed by atoms with Crippen molar-refractivity contribution < 1.29 is 12.3 Å². The molecule has 0 aromatic rings. The van der Waals surface area contributed by atoms with E-state index in [0.717, 1.165) is 0 Å². The predicted molar refractivity (Wildman–Crippen MR) is 28.2 cm³/mol. The van der Waals surface area contributed by atoms with Gasteiger partial charge in [-0.15, -0.1) is 0 Å². The Bertz CT molecular complexity index is 182. The molecule has 1 rings (SSSR count). The monoisotopic (exact) mass is 117 g/mol. The van der Waals surface area contributed by atoms with Gasteiger partial charge in [0, 0.05) is 2.74 Å². The maximum atomic E-state index is 10.7. The fourth-order valence-electron chi connectivity index (χ4n) is 0.422. The van der Waals surface area contributed by atoms with Crippen LogP contribution in [0, 0.1) is 0 Å². The highest BCUT2D eigenvalue weighted by Crippen LogP contribution is 2.32. The van der Waals surface area contributed by atoms with Gasteiger partial charge in [0.15, 0.2) is 0 Å². The zero-order valence-corrected chi connectivity index (χ0v) is 4.60. The molecule has 0 spiro atoms. The average Bonchev–Trinajstić information content (AvgIpc) is 2.32. The van der Waals surface area contributed by atoms with E-state index in [0.29, 0.717) is 0 Å². The summed E-state index contributed by atoms with van der Waals surface area (Å²) in [5.74, 6) is -0.669. The molecule has 0 amide bonds. The van der Waals surface area contributed by atoms with E-state index in [-0.39, 0.29) is 6.42 Å². The van der Waals surface area contributed by atoms with Crippen LogP contribution in [0.25, 0.3) is 0 Å². The Hall–Kier alpha value is -0.570. The number of esters is 1. The molecule has 0 bridgehead atoms. The highest BCUT2D eigenvalue weighted by Gasteiger charge is 2.47. The lowest BCUT2D eigenvalue weighted by molar-refractivity contribution is -0.143. The first-order valence-corrected chi connectivity index (χ1v) is 2.31. The number of carbonyl (C=O) groups is 1. The van der Waals surface area contributed by atoms with E-state index in [4.69, 9.17) is 8.48 Å². The summed E-state index contributed by atoms with van der Waals surface area (Å²) >= 11 is 0. The Morgan fingerprint density at radius 2 is 2.62 bits per heavy atom. The van der Waals surface area contributed by atoms with Gasteiger partial charge in [0.25, 0.3) is 0 Å². The smallest absolute Gasteiger partial charge is 0.325 e. The number of methoxy groups -OCH3 is 1. The van der Waals surface area contributed by atoms with Crippen LogP contribution < -0.4 is 5.73 Å². The summed E-state index contributed by atoms with van der Waals surface area (Å²) in [4.78, 5) is 10.7. The first-order chi connectivity index (χ1) is 4.44. The molecule has 8 heavy (non-hydrogen) atoms. The normalized spacial score (nSPS) is 44.2. The number of hydrogen-bond donors (Lipinski definition) is 1. The number of ether oxygens (including phenoxy) is 1. The second kappa shape index (κ2) is 1.45. The standard InChI is InChI=1S/C5H9NO2/c1-8-4(7)5(6)2-3-5/h2-3,6H2,1H3/i2D2/t5-/m1/s1. The molecule has 3 nitrogen and oxygen atoms in total. The summed E-state index contributed by atoms with van der Waals surface area (Å²) in [5, 5.41) is 0. The van der Waals surface area contributed by atoms with Crippen LogP contribution in [-0.2, 0) is 9.53 Å². The van der Waals surface area contributed by atoms with E-state index < -0.39 is 17.9 Å². The second-order valence-corrected chi connectivity index (χ2v) is 1.82. The molecule has 2 N–H and O–H groups in total. The Balaban J connectivity index is 2.68. The maximum Gasteiger partial charge on any atom is 0.325 e. The summed E-state index contributed by atoms with van der Waals surface area (Å²) in [5.41, 5.74) is 3.96. The molecule has 0 unspecified atom stereocenters. The van der Waals surface area contributed by atoms with Crippen molar-refractivity contribution >= 4 is 5.97 Å². The van der Waals surface area contributed by atoms with Crippen molar-refractivity contribution in [2.24, 2.45) is 5.73 Å². The van der Waals surface area contributed by atoms with Crippen LogP contribution in [-0.4, -0.2) is 18.6 Å². The van der Waals surface area contributed by atoms with E-state index in [1.54, 1.807) is 0 Å². The third kappa shape index (κ3) is 0.690. The number of carbonyl (C=O) groups excluding carboxylic acids is 1. The van der Waals surface area contributed by atoms with Crippen molar-refractivity contribution in [3.63, 3.8) is 0 Å². The quantitative estimate of drug-likeness (QED) is 0.477. The summed E-state index contributed by atoms with van der Waals surface area (Å²) in [6.07, 6.45) is -1.51. The van der Waals surface area contributed by atoms with Gasteiger partial charge in [-0.1, -0.05) is 0 Å². The summed E-state index contributed by atoms with van der Waals surface area (Å²) in [6, 6.07) is 0. The molecular weight excluding hydrogens is 106 g/mol. The zero-order valence-electron chi connectivity index (χ0n) is 6.60. The van der Waals surface area contributed by atoms with E-state index in [1.165, 1.54) is 7.11 Å². The van der Waals surface area contributed by atoms with Gasteiger partial charge in [-0.05, 0) is 12.8 Å². The molecule has 3 heteroatoms. The minimum atomic E-state index is -1.57. The molecule has 46 valence electrons. The number of hydrogen-bond acceptors (Lipinski definition) is 3. The largest absolute Gasteiger partial charge is 0.468 e. The summed E-state index contributed by atoms with van der Waals surface area (Å²) in [7, 11) is 1.20. The lowest BCUT2D eigenvalue weighted by atomic mass is 10.3. The molecule has 1 aliphatic carbocycles. The molecule has 0 heterocycles. The first kappa shape index (κ1) is 3.45. The van der Waals surface area contributed by atoms with Gasteiger partial charge in [-0.25, -0.2) is 0 Å². The van der Waals surface area contributed by atoms with Crippen LogP contribution >= 0.6 is 0 Å². The third-order valence-electron chi connectivity index (χ3n) is 1.11. The maximum absolute atomic E-state index is 10.7. The predicted octanol–water partition coefficient (Wildman–Crippen LogP) is -0.349. The number of nitrogens with two attached hydrogens (primary N) is 1. The number of rotatable bonds is 1. The molecule has 0 saturated heterocycles. The fraction of sp³-hybridized carbons (Fsp3) is 0.800. The molecule has 1 atom stereocenters. The highest BCUT2D eigenvalue weighted by atomic mass is 16.5. The Morgan fingerprint density at radius 3 is 2.75 bits per heavy atom. The topological polar surface area (TPSA) is 52.3 Å². The zero-order chi connectivity index (χ0) is 7.99. The Morgan fingerprint density at radius 1 is 2.12 bits per heavy atom. The van der Waals surface area contributed by atoms with E-state index in [2.05, 4.69) is 4.74 Å². The molecule has 1 fully saturated rings.